The van der Waals surface area contributed by atoms with E-state index in [1.807, 2.05) is 11.6 Å². The van der Waals surface area contributed by atoms with E-state index in [-0.39, 0.29) is 18.5 Å². The maximum absolute atomic E-state index is 12.0. The van der Waals surface area contributed by atoms with Crippen molar-refractivity contribution < 1.29 is 4.79 Å². The first-order valence-corrected chi connectivity index (χ1v) is 8.51. The summed E-state index contributed by atoms with van der Waals surface area (Å²) in [6, 6.07) is 3.97. The first kappa shape index (κ1) is 15.6. The van der Waals surface area contributed by atoms with E-state index >= 15 is 0 Å². The number of nitriles is 1. The summed E-state index contributed by atoms with van der Waals surface area (Å²) in [5.41, 5.74) is 0.500. The Morgan fingerprint density at radius 2 is 2.48 bits per heavy atom. The maximum Gasteiger partial charge on any atom is 0.238 e. The number of fused-ring (bicyclic) bond motifs is 1. The van der Waals surface area contributed by atoms with Crippen LogP contribution in [-0.4, -0.2) is 33.3 Å². The zero-order chi connectivity index (χ0) is 16.2. The summed E-state index contributed by atoms with van der Waals surface area (Å²) in [5, 5.41) is 21.8. The second-order valence-corrected chi connectivity index (χ2v) is 6.34. The molecule has 2 aromatic heterocycles. The smallest absolute Gasteiger partial charge is 0.238 e. The molecule has 23 heavy (non-hydrogen) atoms. The van der Waals surface area contributed by atoms with Gasteiger partial charge in [-0.25, -0.2) is 9.67 Å². The molecule has 0 unspecified atom stereocenters. The molecule has 0 saturated carbocycles. The molecule has 0 radical (unpaired) electrons. The third-order valence-electron chi connectivity index (χ3n) is 3.81. The van der Waals surface area contributed by atoms with E-state index in [1.165, 1.54) is 11.3 Å². The maximum atomic E-state index is 12.0. The van der Waals surface area contributed by atoms with Crippen LogP contribution in [-0.2, 0) is 24.2 Å². The lowest BCUT2D eigenvalue weighted by molar-refractivity contribution is -0.115. The van der Waals surface area contributed by atoms with Crippen molar-refractivity contribution in [1.82, 2.24) is 20.1 Å². The number of hydrogen-bond donors (Lipinski definition) is 2. The van der Waals surface area contributed by atoms with E-state index in [0.29, 0.717) is 10.6 Å². The molecule has 2 aromatic rings. The summed E-state index contributed by atoms with van der Waals surface area (Å²) in [4.78, 5) is 16.5. The number of nitrogens with one attached hydrogen (secondary N) is 2. The molecule has 3 heterocycles. The largest absolute Gasteiger partial charge is 0.315 e. The average Bonchev–Trinajstić information content (AvgIpc) is 3.18. The second-order valence-electron chi connectivity index (χ2n) is 5.42. The highest BCUT2D eigenvalue weighted by molar-refractivity contribution is 7.14. The summed E-state index contributed by atoms with van der Waals surface area (Å²) in [7, 11) is 0. The van der Waals surface area contributed by atoms with Crippen LogP contribution in [0.1, 0.15) is 30.6 Å². The SMILES string of the molecule is CCc1nc2n(n1)C[C@@H](NCC(=O)Nc1sccc1C#N)CC2. The molecule has 1 aliphatic rings. The van der Waals surface area contributed by atoms with Crippen LogP contribution < -0.4 is 10.6 Å². The van der Waals surface area contributed by atoms with E-state index in [1.54, 1.807) is 11.4 Å². The molecule has 0 spiro atoms. The molecule has 0 bridgehead atoms. The summed E-state index contributed by atoms with van der Waals surface area (Å²) in [6.07, 6.45) is 2.65. The Labute approximate surface area is 138 Å². The number of carbonyl (C=O) groups is 1. The first-order chi connectivity index (χ1) is 11.2. The Morgan fingerprint density at radius 3 is 3.26 bits per heavy atom. The molecule has 7 nitrogen and oxygen atoms in total. The molecule has 1 amide bonds. The zero-order valence-corrected chi connectivity index (χ0v) is 13.7. The van der Waals surface area contributed by atoms with E-state index in [4.69, 9.17) is 5.26 Å². The number of anilines is 1. The molecule has 1 atom stereocenters. The number of aromatic nitrogens is 3. The Balaban J connectivity index is 1.51. The lowest BCUT2D eigenvalue weighted by Gasteiger charge is -2.23. The van der Waals surface area contributed by atoms with Crippen molar-refractivity contribution >= 4 is 22.2 Å². The molecule has 8 heteroatoms. The highest BCUT2D eigenvalue weighted by atomic mass is 32.1. The van der Waals surface area contributed by atoms with Crippen LogP contribution in [0.25, 0.3) is 0 Å². The fourth-order valence-corrected chi connectivity index (χ4v) is 3.33. The van der Waals surface area contributed by atoms with Crippen molar-refractivity contribution in [3.05, 3.63) is 28.7 Å². The van der Waals surface area contributed by atoms with Crippen LogP contribution in [0, 0.1) is 11.3 Å². The molecule has 0 saturated heterocycles. The molecule has 2 N–H and O–H groups in total. The van der Waals surface area contributed by atoms with Crippen molar-refractivity contribution in [1.29, 1.82) is 5.26 Å². The Morgan fingerprint density at radius 1 is 1.61 bits per heavy atom. The third kappa shape index (κ3) is 3.57. The van der Waals surface area contributed by atoms with E-state index < -0.39 is 0 Å². The van der Waals surface area contributed by atoms with E-state index in [2.05, 4.69) is 26.8 Å². The van der Waals surface area contributed by atoms with Gasteiger partial charge in [0, 0.05) is 18.9 Å². The van der Waals surface area contributed by atoms with Gasteiger partial charge in [0.05, 0.1) is 18.7 Å². The lowest BCUT2D eigenvalue weighted by atomic mass is 10.1. The van der Waals surface area contributed by atoms with Gasteiger partial charge in [-0.1, -0.05) is 6.92 Å². The van der Waals surface area contributed by atoms with Gasteiger partial charge >= 0.3 is 0 Å². The quantitative estimate of drug-likeness (QED) is 0.862. The first-order valence-electron chi connectivity index (χ1n) is 7.63. The average molecular weight is 330 g/mol. The molecule has 0 aliphatic carbocycles. The third-order valence-corrected chi connectivity index (χ3v) is 4.64. The molecule has 1 aliphatic heterocycles. The standard InChI is InChI=1S/C15H18N6OS/c1-2-12-18-13-4-3-11(9-21(13)20-12)17-8-14(22)19-15-10(7-16)5-6-23-15/h5-6,11,17H,2-4,8-9H2,1H3,(H,19,22)/t11-/m0/s1. The fraction of sp³-hybridized carbons (Fsp3) is 0.467. The molecule has 120 valence electrons. The summed E-state index contributed by atoms with van der Waals surface area (Å²) < 4.78 is 1.94. The predicted molar refractivity (Wildman–Crippen MR) is 87.2 cm³/mol. The number of amides is 1. The molecule has 0 aromatic carbocycles. The van der Waals surface area contributed by atoms with Crippen LogP contribution >= 0.6 is 11.3 Å². The van der Waals surface area contributed by atoms with E-state index in [0.717, 1.165) is 37.5 Å². The molecular formula is C15H18N6OS. The van der Waals surface area contributed by atoms with Crippen LogP contribution in [0.3, 0.4) is 0 Å². The van der Waals surface area contributed by atoms with Crippen molar-refractivity contribution in [2.24, 2.45) is 0 Å². The fourth-order valence-electron chi connectivity index (χ4n) is 2.58. The lowest BCUT2D eigenvalue weighted by Crippen LogP contribution is -2.41. The highest BCUT2D eigenvalue weighted by Crippen LogP contribution is 2.21. The molecule has 3 rings (SSSR count). The number of rotatable bonds is 5. The molecular weight excluding hydrogens is 312 g/mol. The van der Waals surface area contributed by atoms with Crippen molar-refractivity contribution in [2.75, 3.05) is 11.9 Å². The number of aryl methyl sites for hydroxylation is 2. The predicted octanol–water partition coefficient (Wildman–Crippen LogP) is 1.32. The summed E-state index contributed by atoms with van der Waals surface area (Å²) >= 11 is 1.36. The zero-order valence-electron chi connectivity index (χ0n) is 12.9. The van der Waals surface area contributed by atoms with E-state index in [9.17, 15) is 4.79 Å². The number of carbonyl (C=O) groups excluding carboxylic acids is 1. The van der Waals surface area contributed by atoms with Crippen LogP contribution in [0.15, 0.2) is 11.4 Å². The minimum atomic E-state index is -0.136. The Bertz CT molecular complexity index is 743. The van der Waals surface area contributed by atoms with Gasteiger partial charge < -0.3 is 10.6 Å². The topological polar surface area (TPSA) is 95.6 Å². The Kier molecular flexibility index (Phi) is 4.69. The monoisotopic (exact) mass is 330 g/mol. The van der Waals surface area contributed by atoms with Gasteiger partial charge in [-0.05, 0) is 17.9 Å². The van der Waals surface area contributed by atoms with Gasteiger partial charge in [0.25, 0.3) is 0 Å². The van der Waals surface area contributed by atoms with Gasteiger partial charge in [-0.3, -0.25) is 4.79 Å². The van der Waals surface area contributed by atoms with Gasteiger partial charge in [0.1, 0.15) is 16.9 Å². The van der Waals surface area contributed by atoms with Gasteiger partial charge in [0.15, 0.2) is 5.82 Å². The van der Waals surface area contributed by atoms with Crippen LogP contribution in [0.5, 0.6) is 0 Å². The number of nitrogens with zero attached hydrogens (tertiary/aromatic N) is 4. The van der Waals surface area contributed by atoms with Gasteiger partial charge in [-0.15, -0.1) is 11.3 Å². The number of thiophene rings is 1. The van der Waals surface area contributed by atoms with Crippen molar-refractivity contribution in [3.63, 3.8) is 0 Å². The normalized spacial score (nSPS) is 16.6. The minimum Gasteiger partial charge on any atom is -0.315 e. The minimum absolute atomic E-state index is 0.136. The van der Waals surface area contributed by atoms with Crippen molar-refractivity contribution in [3.8, 4) is 6.07 Å². The molecule has 0 fully saturated rings. The summed E-state index contributed by atoms with van der Waals surface area (Å²) in [6.45, 7) is 3.00. The van der Waals surface area contributed by atoms with Crippen LogP contribution in [0.4, 0.5) is 5.00 Å². The second kappa shape index (κ2) is 6.89. The Hall–Kier alpha value is -2.24. The number of hydrogen-bond acceptors (Lipinski definition) is 6. The van der Waals surface area contributed by atoms with Crippen molar-refractivity contribution in [2.45, 2.75) is 38.8 Å². The van der Waals surface area contributed by atoms with Gasteiger partial charge in [-0.2, -0.15) is 10.4 Å². The van der Waals surface area contributed by atoms with Crippen LogP contribution in [0.2, 0.25) is 0 Å². The van der Waals surface area contributed by atoms with Gasteiger partial charge in [0.2, 0.25) is 5.91 Å². The highest BCUT2D eigenvalue weighted by Gasteiger charge is 2.21. The summed E-state index contributed by atoms with van der Waals surface area (Å²) in [5.74, 6) is 1.77.